The highest BCUT2D eigenvalue weighted by Crippen LogP contribution is 2.41. The molecule has 38 heavy (non-hydrogen) atoms. The van der Waals surface area contributed by atoms with Crippen molar-refractivity contribution in [3.8, 4) is 0 Å². The minimum atomic E-state index is -3.27. The molecule has 1 saturated heterocycles. The predicted molar refractivity (Wildman–Crippen MR) is 142 cm³/mol. The van der Waals surface area contributed by atoms with Crippen LogP contribution in [-0.2, 0) is 20.9 Å². The third-order valence-corrected chi connectivity index (χ3v) is 8.23. The summed E-state index contributed by atoms with van der Waals surface area (Å²) >= 11 is 6.50. The van der Waals surface area contributed by atoms with E-state index in [-0.39, 0.29) is 40.5 Å². The molecular formula is C26H36ClF3N2O5Si. The summed E-state index contributed by atoms with van der Waals surface area (Å²) in [5.74, 6) is -5.86. The minimum Gasteiger partial charge on any atom is -0.464 e. The van der Waals surface area contributed by atoms with Crippen LogP contribution in [0.1, 0.15) is 49.2 Å². The molecule has 1 aromatic heterocycles. The fourth-order valence-corrected chi connectivity index (χ4v) is 5.41. The van der Waals surface area contributed by atoms with E-state index in [2.05, 4.69) is 19.6 Å². The van der Waals surface area contributed by atoms with Gasteiger partial charge in [0.2, 0.25) is 0 Å². The Hall–Kier alpha value is -2.24. The first-order chi connectivity index (χ1) is 17.4. The van der Waals surface area contributed by atoms with Gasteiger partial charge in [-0.1, -0.05) is 31.2 Å². The molecule has 0 saturated carbocycles. The van der Waals surface area contributed by atoms with Gasteiger partial charge in [0.1, 0.15) is 18.0 Å². The smallest absolute Gasteiger partial charge is 0.410 e. The van der Waals surface area contributed by atoms with Crippen LogP contribution in [0.25, 0.3) is 10.9 Å². The number of ether oxygens (including phenoxy) is 3. The van der Waals surface area contributed by atoms with E-state index in [0.29, 0.717) is 6.61 Å². The molecule has 7 nitrogen and oxygen atoms in total. The maximum absolute atomic E-state index is 16.2. The van der Waals surface area contributed by atoms with E-state index in [0.717, 1.165) is 10.9 Å². The van der Waals surface area contributed by atoms with E-state index in [4.69, 9.17) is 25.8 Å². The van der Waals surface area contributed by atoms with Crippen LogP contribution in [0, 0.1) is 5.82 Å². The molecule has 1 fully saturated rings. The summed E-state index contributed by atoms with van der Waals surface area (Å²) in [5.41, 5.74) is -0.974. The first kappa shape index (κ1) is 30.3. The normalized spacial score (nSPS) is 18.1. The first-order valence-electron chi connectivity index (χ1n) is 12.5. The number of likely N-dealkylation sites (tertiary alicyclic amines) is 1. The van der Waals surface area contributed by atoms with Crippen molar-refractivity contribution < 1.29 is 37.0 Å². The maximum atomic E-state index is 16.2. The SMILES string of the molecule is COC(=O)c1cc2c(Cl)cc(C3CN(C(=O)OC(C)(C)C)CC(F)(F)C3)c(F)c2n1COCC[Si](C)(C)C. The van der Waals surface area contributed by atoms with Gasteiger partial charge in [0.05, 0.1) is 24.2 Å². The fourth-order valence-electron chi connectivity index (χ4n) is 4.39. The average molecular weight is 577 g/mol. The number of amides is 1. The Morgan fingerprint density at radius 2 is 1.87 bits per heavy atom. The van der Waals surface area contributed by atoms with E-state index in [9.17, 15) is 18.4 Å². The van der Waals surface area contributed by atoms with Crippen molar-refractivity contribution in [2.45, 2.75) is 77.0 Å². The summed E-state index contributed by atoms with van der Waals surface area (Å²) in [6.45, 7) is 10.7. The quantitative estimate of drug-likeness (QED) is 0.204. The number of alkyl halides is 2. The van der Waals surface area contributed by atoms with Crippen LogP contribution in [0.2, 0.25) is 30.7 Å². The van der Waals surface area contributed by atoms with Crippen LogP contribution in [0.3, 0.4) is 0 Å². The van der Waals surface area contributed by atoms with Crippen molar-refractivity contribution in [2.24, 2.45) is 0 Å². The van der Waals surface area contributed by atoms with Gasteiger partial charge < -0.3 is 23.7 Å². The van der Waals surface area contributed by atoms with Crippen molar-refractivity contribution >= 4 is 42.6 Å². The highest BCUT2D eigenvalue weighted by Gasteiger charge is 2.44. The van der Waals surface area contributed by atoms with Gasteiger partial charge in [0.15, 0.2) is 5.82 Å². The molecule has 3 rings (SSSR count). The summed E-state index contributed by atoms with van der Waals surface area (Å²) in [5, 5.41) is 0.314. The number of aromatic nitrogens is 1. The number of esters is 1. The van der Waals surface area contributed by atoms with Gasteiger partial charge in [-0.2, -0.15) is 0 Å². The van der Waals surface area contributed by atoms with Crippen molar-refractivity contribution in [2.75, 3.05) is 26.8 Å². The van der Waals surface area contributed by atoms with E-state index >= 15 is 4.39 Å². The molecule has 1 aliphatic rings. The van der Waals surface area contributed by atoms with Crippen LogP contribution in [0.5, 0.6) is 0 Å². The zero-order valence-corrected chi connectivity index (χ0v) is 24.7. The number of piperidine rings is 1. The number of halogens is 4. The Bertz CT molecular complexity index is 1210. The zero-order valence-electron chi connectivity index (χ0n) is 22.9. The number of hydrogen-bond donors (Lipinski definition) is 0. The summed E-state index contributed by atoms with van der Waals surface area (Å²) < 4.78 is 63.0. The number of rotatable bonds is 7. The van der Waals surface area contributed by atoms with Crippen molar-refractivity contribution in [3.05, 3.63) is 34.2 Å². The predicted octanol–water partition coefficient (Wildman–Crippen LogP) is 6.89. The molecule has 1 unspecified atom stereocenters. The number of methoxy groups -OCH3 is 1. The Labute approximate surface area is 227 Å². The lowest BCUT2D eigenvalue weighted by atomic mass is 9.88. The van der Waals surface area contributed by atoms with Gasteiger partial charge in [0, 0.05) is 39.0 Å². The third-order valence-electron chi connectivity index (χ3n) is 6.21. The molecule has 212 valence electrons. The second-order valence-corrected chi connectivity index (χ2v) is 18.0. The lowest BCUT2D eigenvalue weighted by molar-refractivity contribution is -0.0758. The zero-order chi connectivity index (χ0) is 28.6. The number of benzene rings is 1. The van der Waals surface area contributed by atoms with Gasteiger partial charge in [-0.3, -0.25) is 0 Å². The summed E-state index contributed by atoms with van der Waals surface area (Å²) in [7, 11) is -0.202. The van der Waals surface area contributed by atoms with E-state index in [1.54, 1.807) is 20.8 Å². The molecule has 1 aromatic carbocycles. The third kappa shape index (κ3) is 7.23. The van der Waals surface area contributed by atoms with Gasteiger partial charge in [-0.05, 0) is 44.5 Å². The van der Waals surface area contributed by atoms with Gasteiger partial charge >= 0.3 is 12.1 Å². The molecule has 0 aliphatic carbocycles. The molecule has 0 radical (unpaired) electrons. The van der Waals surface area contributed by atoms with Crippen molar-refractivity contribution in [1.29, 1.82) is 0 Å². The van der Waals surface area contributed by atoms with Crippen LogP contribution in [0.15, 0.2) is 12.1 Å². The molecule has 0 spiro atoms. The molecule has 2 aromatic rings. The van der Waals surface area contributed by atoms with Crippen LogP contribution in [-0.4, -0.2) is 67.9 Å². The summed E-state index contributed by atoms with van der Waals surface area (Å²) in [6.07, 6.45) is -1.58. The number of carbonyl (C=O) groups excluding carboxylic acids is 2. The Morgan fingerprint density at radius 3 is 2.45 bits per heavy atom. The average Bonchev–Trinajstić information content (AvgIpc) is 3.16. The van der Waals surface area contributed by atoms with Crippen molar-refractivity contribution in [3.63, 3.8) is 0 Å². The Morgan fingerprint density at radius 1 is 1.21 bits per heavy atom. The van der Waals surface area contributed by atoms with E-state index < -0.39 is 56.4 Å². The standard InChI is InChI=1S/C26H36ClF3N2O5Si/c1-25(2,3)37-24(34)31-13-16(12-26(29,30)14-31)17-10-19(27)18-11-20(23(33)35-4)32(22(18)21(17)28)15-36-8-9-38(5,6)7/h10-11,16H,8-9,12-15H2,1-7H3. The van der Waals surface area contributed by atoms with Gasteiger partial charge in [-0.25, -0.2) is 22.8 Å². The molecule has 0 bridgehead atoms. The first-order valence-corrected chi connectivity index (χ1v) is 16.5. The second kappa shape index (κ2) is 11.1. The number of hydrogen-bond acceptors (Lipinski definition) is 5. The number of fused-ring (bicyclic) bond motifs is 1. The number of carbonyl (C=O) groups is 2. The lowest BCUT2D eigenvalue weighted by Gasteiger charge is -2.38. The molecule has 0 N–H and O–H groups in total. The maximum Gasteiger partial charge on any atom is 0.410 e. The lowest BCUT2D eigenvalue weighted by Crippen LogP contribution is -2.50. The largest absolute Gasteiger partial charge is 0.464 e. The van der Waals surface area contributed by atoms with Crippen LogP contribution < -0.4 is 0 Å². The van der Waals surface area contributed by atoms with E-state index in [1.165, 1.54) is 23.8 Å². The Balaban J connectivity index is 2.04. The molecule has 2 heterocycles. The van der Waals surface area contributed by atoms with E-state index in [1.807, 2.05) is 0 Å². The monoisotopic (exact) mass is 576 g/mol. The summed E-state index contributed by atoms with van der Waals surface area (Å²) in [4.78, 5) is 26.0. The highest BCUT2D eigenvalue weighted by molar-refractivity contribution is 6.76. The molecule has 1 aliphatic heterocycles. The van der Waals surface area contributed by atoms with Gasteiger partial charge in [-0.15, -0.1) is 0 Å². The van der Waals surface area contributed by atoms with Crippen LogP contribution in [0.4, 0.5) is 18.0 Å². The minimum absolute atomic E-state index is 0.0257. The fraction of sp³-hybridized carbons (Fsp3) is 0.615. The molecular weight excluding hydrogens is 541 g/mol. The topological polar surface area (TPSA) is 70.0 Å². The van der Waals surface area contributed by atoms with Crippen molar-refractivity contribution in [1.82, 2.24) is 9.47 Å². The second-order valence-electron chi connectivity index (χ2n) is 11.9. The summed E-state index contributed by atoms with van der Waals surface area (Å²) in [6, 6.07) is 3.54. The molecule has 1 amide bonds. The highest BCUT2D eigenvalue weighted by atomic mass is 35.5. The number of nitrogens with zero attached hydrogens (tertiary/aromatic N) is 2. The Kier molecular flexibility index (Phi) is 8.84. The van der Waals surface area contributed by atoms with Gasteiger partial charge in [0.25, 0.3) is 5.92 Å². The molecule has 1 atom stereocenters. The molecule has 12 heteroatoms. The van der Waals surface area contributed by atoms with Crippen LogP contribution >= 0.6 is 11.6 Å².